The Bertz CT molecular complexity index is 635. The molecular weight excluding hydrogens is 307 g/mol. The van der Waals surface area contributed by atoms with Crippen LogP contribution in [0.4, 0.5) is 0 Å². The van der Waals surface area contributed by atoms with Gasteiger partial charge >= 0.3 is 0 Å². The Hall–Kier alpha value is -1.03. The zero-order valence-electron chi connectivity index (χ0n) is 12.5. The van der Waals surface area contributed by atoms with Crippen LogP contribution in [0.25, 0.3) is 0 Å². The first-order valence-electron chi connectivity index (χ1n) is 7.12. The SMILES string of the molecule is CCc1nn(CC)c(CC(C)(O)c2ccccc2Cl)c1Cl. The van der Waals surface area contributed by atoms with Crippen molar-refractivity contribution in [1.82, 2.24) is 9.78 Å². The minimum absolute atomic E-state index is 0.371. The Balaban J connectivity index is 2.41. The average Bonchev–Trinajstić information content (AvgIpc) is 2.75. The van der Waals surface area contributed by atoms with E-state index in [0.717, 1.165) is 17.8 Å². The molecular formula is C16H20Cl2N2O. The molecule has 0 fully saturated rings. The monoisotopic (exact) mass is 326 g/mol. The summed E-state index contributed by atoms with van der Waals surface area (Å²) in [6.45, 7) is 6.50. The number of hydrogen-bond acceptors (Lipinski definition) is 2. The molecule has 0 spiro atoms. The molecule has 3 nitrogen and oxygen atoms in total. The maximum absolute atomic E-state index is 10.9. The molecule has 114 valence electrons. The molecule has 21 heavy (non-hydrogen) atoms. The van der Waals surface area contributed by atoms with Crippen LogP contribution in [0.3, 0.4) is 0 Å². The normalized spacial score (nSPS) is 14.2. The summed E-state index contributed by atoms with van der Waals surface area (Å²) in [5.41, 5.74) is 1.31. The van der Waals surface area contributed by atoms with Crippen LogP contribution in [0.15, 0.2) is 24.3 Å². The molecule has 0 aliphatic carbocycles. The summed E-state index contributed by atoms with van der Waals surface area (Å²) in [6, 6.07) is 7.33. The fraction of sp³-hybridized carbons (Fsp3) is 0.438. The highest BCUT2D eigenvalue weighted by molar-refractivity contribution is 6.32. The van der Waals surface area contributed by atoms with Crippen molar-refractivity contribution in [2.45, 2.75) is 45.8 Å². The van der Waals surface area contributed by atoms with Gasteiger partial charge in [0.05, 0.1) is 22.0 Å². The van der Waals surface area contributed by atoms with E-state index in [0.29, 0.717) is 28.6 Å². The zero-order valence-corrected chi connectivity index (χ0v) is 14.0. The van der Waals surface area contributed by atoms with Gasteiger partial charge in [-0.25, -0.2) is 0 Å². The van der Waals surface area contributed by atoms with Crippen LogP contribution in [0, 0.1) is 0 Å². The number of aromatic nitrogens is 2. The van der Waals surface area contributed by atoms with Crippen LogP contribution in [0.5, 0.6) is 0 Å². The van der Waals surface area contributed by atoms with Crippen LogP contribution < -0.4 is 0 Å². The number of halogens is 2. The number of aliphatic hydroxyl groups is 1. The lowest BCUT2D eigenvalue weighted by Gasteiger charge is -2.25. The van der Waals surface area contributed by atoms with Crippen LogP contribution in [0.1, 0.15) is 37.7 Å². The number of aryl methyl sites for hydroxylation is 2. The molecule has 0 saturated carbocycles. The third kappa shape index (κ3) is 3.25. The van der Waals surface area contributed by atoms with E-state index in [-0.39, 0.29) is 0 Å². The summed E-state index contributed by atoms with van der Waals surface area (Å²) < 4.78 is 1.85. The van der Waals surface area contributed by atoms with E-state index < -0.39 is 5.60 Å². The maximum Gasteiger partial charge on any atom is 0.0938 e. The van der Waals surface area contributed by atoms with Crippen molar-refractivity contribution in [2.75, 3.05) is 0 Å². The Morgan fingerprint density at radius 1 is 1.24 bits per heavy atom. The molecule has 0 saturated heterocycles. The Morgan fingerprint density at radius 3 is 2.48 bits per heavy atom. The largest absolute Gasteiger partial charge is 0.385 e. The summed E-state index contributed by atoms with van der Waals surface area (Å²) in [6.07, 6.45) is 1.14. The molecule has 2 rings (SSSR count). The highest BCUT2D eigenvalue weighted by Gasteiger charge is 2.29. The van der Waals surface area contributed by atoms with Gasteiger partial charge in [-0.15, -0.1) is 0 Å². The summed E-state index contributed by atoms with van der Waals surface area (Å²) in [5.74, 6) is 0. The van der Waals surface area contributed by atoms with Gasteiger partial charge in [0, 0.05) is 23.6 Å². The molecule has 1 atom stereocenters. The molecule has 0 radical (unpaired) electrons. The first-order chi connectivity index (χ1) is 9.90. The van der Waals surface area contributed by atoms with E-state index in [1.165, 1.54) is 0 Å². The molecule has 1 unspecified atom stereocenters. The topological polar surface area (TPSA) is 38.0 Å². The van der Waals surface area contributed by atoms with Crippen molar-refractivity contribution in [3.63, 3.8) is 0 Å². The van der Waals surface area contributed by atoms with Gasteiger partial charge in [0.25, 0.3) is 0 Å². The lowest BCUT2D eigenvalue weighted by Crippen LogP contribution is -2.26. The van der Waals surface area contributed by atoms with E-state index in [2.05, 4.69) is 5.10 Å². The highest BCUT2D eigenvalue weighted by atomic mass is 35.5. The Labute approximate surface area is 135 Å². The summed E-state index contributed by atoms with van der Waals surface area (Å²) >= 11 is 12.6. The summed E-state index contributed by atoms with van der Waals surface area (Å²) in [7, 11) is 0. The molecule has 1 N–H and O–H groups in total. The predicted octanol–water partition coefficient (Wildman–Crippen LogP) is 4.22. The third-order valence-electron chi connectivity index (χ3n) is 3.66. The van der Waals surface area contributed by atoms with Gasteiger partial charge in [-0.2, -0.15) is 5.10 Å². The lowest BCUT2D eigenvalue weighted by atomic mass is 9.91. The fourth-order valence-electron chi connectivity index (χ4n) is 2.51. The molecule has 0 aliphatic rings. The van der Waals surface area contributed by atoms with Crippen LogP contribution in [-0.4, -0.2) is 14.9 Å². The second-order valence-corrected chi connectivity index (χ2v) is 6.09. The van der Waals surface area contributed by atoms with Gasteiger partial charge in [0.2, 0.25) is 0 Å². The van der Waals surface area contributed by atoms with Crippen LogP contribution in [-0.2, 0) is 25.0 Å². The van der Waals surface area contributed by atoms with Crippen molar-refractivity contribution in [1.29, 1.82) is 0 Å². The lowest BCUT2D eigenvalue weighted by molar-refractivity contribution is 0.0555. The molecule has 0 aliphatic heterocycles. The standard InChI is InChI=1S/C16H20Cl2N2O/c1-4-13-15(18)14(20(5-2)19-13)10-16(3,21)11-8-6-7-9-12(11)17/h6-9,21H,4-5,10H2,1-3H3. The summed E-state index contributed by atoms with van der Waals surface area (Å²) in [4.78, 5) is 0. The van der Waals surface area contributed by atoms with E-state index in [1.807, 2.05) is 36.7 Å². The van der Waals surface area contributed by atoms with Gasteiger partial charge in [-0.1, -0.05) is 48.3 Å². The van der Waals surface area contributed by atoms with E-state index in [4.69, 9.17) is 23.2 Å². The molecule has 2 aromatic rings. The minimum Gasteiger partial charge on any atom is -0.385 e. The van der Waals surface area contributed by atoms with E-state index >= 15 is 0 Å². The second-order valence-electron chi connectivity index (χ2n) is 5.31. The van der Waals surface area contributed by atoms with E-state index in [1.54, 1.807) is 13.0 Å². The Kier molecular flexibility index (Phi) is 4.97. The predicted molar refractivity (Wildman–Crippen MR) is 87.0 cm³/mol. The molecule has 1 aromatic carbocycles. The molecule has 0 bridgehead atoms. The second kappa shape index (κ2) is 6.39. The van der Waals surface area contributed by atoms with Crippen molar-refractivity contribution < 1.29 is 5.11 Å². The molecule has 1 aromatic heterocycles. The quantitative estimate of drug-likeness (QED) is 0.893. The number of nitrogens with zero attached hydrogens (tertiary/aromatic N) is 2. The number of rotatable bonds is 5. The zero-order chi connectivity index (χ0) is 15.6. The summed E-state index contributed by atoms with van der Waals surface area (Å²) in [5, 5.41) is 16.5. The molecule has 5 heteroatoms. The van der Waals surface area contributed by atoms with Crippen molar-refractivity contribution in [3.05, 3.63) is 51.3 Å². The van der Waals surface area contributed by atoms with Gasteiger partial charge in [0.1, 0.15) is 0 Å². The number of hydrogen-bond donors (Lipinski definition) is 1. The van der Waals surface area contributed by atoms with Gasteiger partial charge < -0.3 is 5.11 Å². The average molecular weight is 327 g/mol. The fourth-order valence-corrected chi connectivity index (χ4v) is 3.18. The van der Waals surface area contributed by atoms with Crippen LogP contribution in [0.2, 0.25) is 10.0 Å². The van der Waals surface area contributed by atoms with Crippen molar-refractivity contribution >= 4 is 23.2 Å². The number of benzene rings is 1. The van der Waals surface area contributed by atoms with Crippen LogP contribution >= 0.6 is 23.2 Å². The van der Waals surface area contributed by atoms with Crippen molar-refractivity contribution in [3.8, 4) is 0 Å². The molecule has 1 heterocycles. The smallest absolute Gasteiger partial charge is 0.0938 e. The maximum atomic E-state index is 10.9. The van der Waals surface area contributed by atoms with Gasteiger partial charge in [-0.05, 0) is 26.3 Å². The van der Waals surface area contributed by atoms with Gasteiger partial charge in [-0.3, -0.25) is 4.68 Å². The first-order valence-corrected chi connectivity index (χ1v) is 7.87. The third-order valence-corrected chi connectivity index (χ3v) is 4.43. The van der Waals surface area contributed by atoms with Crippen molar-refractivity contribution in [2.24, 2.45) is 0 Å². The highest BCUT2D eigenvalue weighted by Crippen LogP contribution is 2.33. The Morgan fingerprint density at radius 2 is 1.90 bits per heavy atom. The van der Waals surface area contributed by atoms with Gasteiger partial charge in [0.15, 0.2) is 0 Å². The minimum atomic E-state index is -1.10. The first kappa shape index (κ1) is 16.3. The molecule has 0 amide bonds. The van der Waals surface area contributed by atoms with E-state index in [9.17, 15) is 5.11 Å².